The molecule has 2 fully saturated rings. The molecule has 0 aromatic carbocycles. The average Bonchev–Trinajstić information content (AvgIpc) is 3.17. The van der Waals surface area contributed by atoms with Crippen LogP contribution in [0, 0.1) is 5.92 Å². The van der Waals surface area contributed by atoms with Gasteiger partial charge in [-0.2, -0.15) is 0 Å². The number of rotatable bonds is 7. The maximum atomic E-state index is 12.8. The Hall–Kier alpha value is -1.24. The maximum Gasteiger partial charge on any atom is 0.252 e. The highest BCUT2D eigenvalue weighted by atomic mass is 19.3. The van der Waals surface area contributed by atoms with Gasteiger partial charge >= 0.3 is 0 Å². The van der Waals surface area contributed by atoms with Crippen LogP contribution in [-0.4, -0.2) is 53.0 Å². The minimum absolute atomic E-state index is 0.410. The Bertz CT molecular complexity index is 380. The molecular formula is C13H20F2N2O3. The van der Waals surface area contributed by atoms with E-state index in [0.717, 1.165) is 17.7 Å². The summed E-state index contributed by atoms with van der Waals surface area (Å²) in [6.07, 6.45) is 0.363. The number of amides is 2. The summed E-state index contributed by atoms with van der Waals surface area (Å²) in [5.74, 6) is -2.82. The number of carbonyl (C=O) groups is 2. The standard InChI is InChI=1S/C13H20F2N2O3/c1-8(11(19)12(20)16-6-9-2-3-9)17(7-18)10-4-13(14,15)5-10/h7-11,19H,2-6H2,1H3,(H,16,20). The first-order valence-corrected chi connectivity index (χ1v) is 6.90. The van der Waals surface area contributed by atoms with Crippen LogP contribution in [0.4, 0.5) is 8.78 Å². The Balaban J connectivity index is 1.84. The third-order valence-electron chi connectivity index (χ3n) is 4.07. The summed E-state index contributed by atoms with van der Waals surface area (Å²) in [4.78, 5) is 23.9. The molecule has 2 atom stereocenters. The van der Waals surface area contributed by atoms with E-state index in [9.17, 15) is 23.5 Å². The van der Waals surface area contributed by atoms with Crippen molar-refractivity contribution < 1.29 is 23.5 Å². The van der Waals surface area contributed by atoms with Gasteiger partial charge in [-0.05, 0) is 25.7 Å². The molecule has 2 saturated carbocycles. The topological polar surface area (TPSA) is 69.6 Å². The molecule has 2 unspecified atom stereocenters. The van der Waals surface area contributed by atoms with Gasteiger partial charge in [-0.15, -0.1) is 0 Å². The van der Waals surface area contributed by atoms with E-state index in [0.29, 0.717) is 18.9 Å². The molecule has 2 aliphatic carbocycles. The number of alkyl halides is 2. The lowest BCUT2D eigenvalue weighted by Crippen LogP contribution is -2.58. The van der Waals surface area contributed by atoms with Crippen molar-refractivity contribution >= 4 is 12.3 Å². The summed E-state index contributed by atoms with van der Waals surface area (Å²) >= 11 is 0. The third kappa shape index (κ3) is 3.45. The number of halogens is 2. The summed E-state index contributed by atoms with van der Waals surface area (Å²) in [6.45, 7) is 2.01. The van der Waals surface area contributed by atoms with Crippen molar-refractivity contribution in [3.05, 3.63) is 0 Å². The average molecular weight is 290 g/mol. The van der Waals surface area contributed by atoms with E-state index in [2.05, 4.69) is 5.32 Å². The van der Waals surface area contributed by atoms with Crippen LogP contribution in [-0.2, 0) is 9.59 Å². The van der Waals surface area contributed by atoms with Gasteiger partial charge in [-0.3, -0.25) is 9.59 Å². The highest BCUT2D eigenvalue weighted by molar-refractivity contribution is 5.81. The molecule has 0 bridgehead atoms. The summed E-state index contributed by atoms with van der Waals surface area (Å²) in [7, 11) is 0. The SMILES string of the molecule is CC(C(O)C(=O)NCC1CC1)N(C=O)C1CC(F)(F)C1. The Morgan fingerprint density at radius 1 is 1.50 bits per heavy atom. The fourth-order valence-corrected chi connectivity index (χ4v) is 2.41. The molecule has 7 heteroatoms. The van der Waals surface area contributed by atoms with E-state index in [-0.39, 0.29) is 0 Å². The lowest BCUT2D eigenvalue weighted by molar-refractivity contribution is -0.155. The van der Waals surface area contributed by atoms with E-state index >= 15 is 0 Å². The molecule has 0 aromatic heterocycles. The van der Waals surface area contributed by atoms with Gasteiger partial charge in [0, 0.05) is 25.4 Å². The molecule has 2 N–H and O–H groups in total. The summed E-state index contributed by atoms with van der Waals surface area (Å²) < 4.78 is 25.7. The van der Waals surface area contributed by atoms with E-state index in [1.807, 2.05) is 0 Å². The fraction of sp³-hybridized carbons (Fsp3) is 0.846. The van der Waals surface area contributed by atoms with Crippen LogP contribution >= 0.6 is 0 Å². The van der Waals surface area contributed by atoms with Crippen molar-refractivity contribution in [2.24, 2.45) is 5.92 Å². The number of hydrogen-bond donors (Lipinski definition) is 2. The molecule has 0 heterocycles. The van der Waals surface area contributed by atoms with Gasteiger partial charge in [0.25, 0.3) is 11.8 Å². The van der Waals surface area contributed by atoms with Gasteiger partial charge in [-0.1, -0.05) is 0 Å². The molecule has 0 radical (unpaired) electrons. The zero-order valence-corrected chi connectivity index (χ0v) is 11.4. The molecule has 2 rings (SSSR count). The lowest BCUT2D eigenvalue weighted by atomic mass is 9.86. The molecule has 20 heavy (non-hydrogen) atoms. The summed E-state index contributed by atoms with van der Waals surface area (Å²) in [5.41, 5.74) is 0. The van der Waals surface area contributed by atoms with Gasteiger partial charge in [0.05, 0.1) is 6.04 Å². The number of nitrogens with one attached hydrogen (secondary N) is 1. The van der Waals surface area contributed by atoms with E-state index in [1.165, 1.54) is 6.92 Å². The molecular weight excluding hydrogens is 270 g/mol. The zero-order chi connectivity index (χ0) is 14.9. The number of aliphatic hydroxyl groups is 1. The molecule has 2 aliphatic rings. The van der Waals surface area contributed by atoms with Gasteiger partial charge < -0.3 is 15.3 Å². The largest absolute Gasteiger partial charge is 0.381 e. The van der Waals surface area contributed by atoms with E-state index < -0.39 is 42.9 Å². The van der Waals surface area contributed by atoms with Gasteiger partial charge in [0.1, 0.15) is 0 Å². The Labute approximate surface area is 116 Å². The van der Waals surface area contributed by atoms with Crippen molar-refractivity contribution in [2.75, 3.05) is 6.54 Å². The van der Waals surface area contributed by atoms with Gasteiger partial charge in [0.15, 0.2) is 6.10 Å². The number of hydrogen-bond acceptors (Lipinski definition) is 3. The number of nitrogens with zero attached hydrogens (tertiary/aromatic N) is 1. The van der Waals surface area contributed by atoms with Crippen molar-refractivity contribution in [1.29, 1.82) is 0 Å². The van der Waals surface area contributed by atoms with Crippen LogP contribution in [0.1, 0.15) is 32.6 Å². The van der Waals surface area contributed by atoms with Crippen LogP contribution in [0.5, 0.6) is 0 Å². The maximum absolute atomic E-state index is 12.8. The van der Waals surface area contributed by atoms with Crippen LogP contribution in [0.25, 0.3) is 0 Å². The monoisotopic (exact) mass is 290 g/mol. The molecule has 0 aromatic rings. The second kappa shape index (κ2) is 5.63. The summed E-state index contributed by atoms with van der Waals surface area (Å²) in [5, 5.41) is 12.5. The second-order valence-corrected chi connectivity index (χ2v) is 5.84. The Kier molecular flexibility index (Phi) is 4.27. The van der Waals surface area contributed by atoms with Crippen LogP contribution < -0.4 is 5.32 Å². The minimum Gasteiger partial charge on any atom is -0.381 e. The number of carbonyl (C=O) groups excluding carboxylic acids is 2. The fourth-order valence-electron chi connectivity index (χ4n) is 2.41. The highest BCUT2D eigenvalue weighted by Crippen LogP contribution is 2.40. The van der Waals surface area contributed by atoms with Crippen molar-refractivity contribution in [3.8, 4) is 0 Å². The lowest BCUT2D eigenvalue weighted by Gasteiger charge is -2.44. The Morgan fingerprint density at radius 3 is 2.55 bits per heavy atom. The molecule has 0 saturated heterocycles. The summed E-state index contributed by atoms with van der Waals surface area (Å²) in [6, 6.07) is -1.42. The highest BCUT2D eigenvalue weighted by Gasteiger charge is 2.49. The van der Waals surface area contributed by atoms with Crippen molar-refractivity contribution in [1.82, 2.24) is 10.2 Å². The smallest absolute Gasteiger partial charge is 0.252 e. The van der Waals surface area contributed by atoms with Crippen LogP contribution in [0.3, 0.4) is 0 Å². The van der Waals surface area contributed by atoms with E-state index in [4.69, 9.17) is 0 Å². The van der Waals surface area contributed by atoms with Crippen LogP contribution in [0.15, 0.2) is 0 Å². The second-order valence-electron chi connectivity index (χ2n) is 5.84. The molecule has 2 amide bonds. The first-order chi connectivity index (χ1) is 9.34. The molecule has 5 nitrogen and oxygen atoms in total. The quantitative estimate of drug-likeness (QED) is 0.672. The Morgan fingerprint density at radius 2 is 2.10 bits per heavy atom. The van der Waals surface area contributed by atoms with Gasteiger partial charge in [0.2, 0.25) is 6.41 Å². The predicted octanol–water partition coefficient (Wildman–Crippen LogP) is 0.518. The van der Waals surface area contributed by atoms with Crippen LogP contribution in [0.2, 0.25) is 0 Å². The number of aliphatic hydroxyl groups excluding tert-OH is 1. The minimum atomic E-state index is -2.75. The molecule has 114 valence electrons. The zero-order valence-electron chi connectivity index (χ0n) is 11.4. The predicted molar refractivity (Wildman–Crippen MR) is 67.1 cm³/mol. The third-order valence-corrected chi connectivity index (χ3v) is 4.07. The van der Waals surface area contributed by atoms with Gasteiger partial charge in [-0.25, -0.2) is 8.78 Å². The van der Waals surface area contributed by atoms with Crippen molar-refractivity contribution in [2.45, 2.75) is 56.7 Å². The molecule has 0 aliphatic heterocycles. The first kappa shape index (κ1) is 15.2. The normalized spacial score (nSPS) is 24.4. The van der Waals surface area contributed by atoms with E-state index in [1.54, 1.807) is 0 Å². The first-order valence-electron chi connectivity index (χ1n) is 6.90. The molecule has 0 spiro atoms. The van der Waals surface area contributed by atoms with Crippen molar-refractivity contribution in [3.63, 3.8) is 0 Å².